The van der Waals surface area contributed by atoms with Gasteiger partial charge in [-0.15, -0.1) is 12.4 Å². The molecule has 0 aliphatic carbocycles. The largest absolute Gasteiger partial charge is 0.476 e. The Morgan fingerprint density at radius 3 is 2.33 bits per heavy atom. The molecule has 2 aromatic rings. The summed E-state index contributed by atoms with van der Waals surface area (Å²) >= 11 is 0. The smallest absolute Gasteiger partial charge is 0.183 e. The fourth-order valence-electron chi connectivity index (χ4n) is 1.65. The van der Waals surface area contributed by atoms with Gasteiger partial charge in [0.1, 0.15) is 18.1 Å². The summed E-state index contributed by atoms with van der Waals surface area (Å²) in [5.74, 6) is 1.99. The van der Waals surface area contributed by atoms with Gasteiger partial charge in [0.05, 0.1) is 0 Å². The predicted molar refractivity (Wildman–Crippen MR) is 87.6 cm³/mol. The standard InChI is InChI=1S/C17H19NO2.ClH/c1-13(2)17(18)19-12-14-7-6-10-16(11-14)20-15-8-4-3-5-9-15;/h3-11,13,18H,12H2,1-2H3;1H. The quantitative estimate of drug-likeness (QED) is 0.620. The summed E-state index contributed by atoms with van der Waals surface area (Å²) in [4.78, 5) is 0. The number of hydrogen-bond acceptors (Lipinski definition) is 3. The zero-order chi connectivity index (χ0) is 14.4. The Kier molecular flexibility index (Phi) is 6.76. The summed E-state index contributed by atoms with van der Waals surface area (Å²) in [6.07, 6.45) is 0. The first-order chi connectivity index (χ1) is 9.65. The van der Waals surface area contributed by atoms with Crippen LogP contribution in [0.4, 0.5) is 0 Å². The molecule has 0 amide bonds. The van der Waals surface area contributed by atoms with E-state index < -0.39 is 0 Å². The Labute approximate surface area is 131 Å². The van der Waals surface area contributed by atoms with E-state index in [-0.39, 0.29) is 18.3 Å². The Hall–Kier alpha value is -2.00. The van der Waals surface area contributed by atoms with E-state index in [2.05, 4.69) is 0 Å². The van der Waals surface area contributed by atoms with E-state index in [1.807, 2.05) is 68.4 Å². The van der Waals surface area contributed by atoms with Crippen molar-refractivity contribution in [3.8, 4) is 11.5 Å². The molecule has 3 nitrogen and oxygen atoms in total. The van der Waals surface area contributed by atoms with Crippen molar-refractivity contribution in [3.63, 3.8) is 0 Å². The van der Waals surface area contributed by atoms with Gasteiger partial charge < -0.3 is 9.47 Å². The summed E-state index contributed by atoms with van der Waals surface area (Å²) in [5, 5.41) is 7.67. The van der Waals surface area contributed by atoms with Crippen molar-refractivity contribution in [3.05, 3.63) is 60.2 Å². The van der Waals surface area contributed by atoms with E-state index in [0.29, 0.717) is 12.5 Å². The average molecular weight is 306 g/mol. The Morgan fingerprint density at radius 2 is 1.67 bits per heavy atom. The van der Waals surface area contributed by atoms with Gasteiger partial charge in [0, 0.05) is 5.92 Å². The van der Waals surface area contributed by atoms with Crippen molar-refractivity contribution >= 4 is 18.3 Å². The van der Waals surface area contributed by atoms with E-state index in [1.54, 1.807) is 0 Å². The molecular formula is C17H20ClNO2. The minimum Gasteiger partial charge on any atom is -0.476 e. The van der Waals surface area contributed by atoms with Crippen molar-refractivity contribution < 1.29 is 9.47 Å². The monoisotopic (exact) mass is 305 g/mol. The molecule has 1 N–H and O–H groups in total. The van der Waals surface area contributed by atoms with E-state index >= 15 is 0 Å². The van der Waals surface area contributed by atoms with Crippen molar-refractivity contribution in [2.75, 3.05) is 0 Å². The highest BCUT2D eigenvalue weighted by Crippen LogP contribution is 2.22. The van der Waals surface area contributed by atoms with Crippen LogP contribution in [0.25, 0.3) is 0 Å². The third-order valence-corrected chi connectivity index (χ3v) is 2.80. The fraction of sp³-hybridized carbons (Fsp3) is 0.235. The molecular weight excluding hydrogens is 286 g/mol. The zero-order valence-corrected chi connectivity index (χ0v) is 13.0. The normalized spacial score (nSPS) is 9.86. The molecule has 0 aliphatic rings. The number of benzene rings is 2. The van der Waals surface area contributed by atoms with Crippen LogP contribution in [-0.2, 0) is 11.3 Å². The Bertz CT molecular complexity index is 570. The highest BCUT2D eigenvalue weighted by Gasteiger charge is 2.05. The molecule has 2 rings (SSSR count). The number of nitrogens with one attached hydrogen (secondary N) is 1. The lowest BCUT2D eigenvalue weighted by atomic mass is 10.2. The van der Waals surface area contributed by atoms with Crippen LogP contribution in [-0.4, -0.2) is 5.90 Å². The van der Waals surface area contributed by atoms with Crippen LogP contribution in [0.1, 0.15) is 19.4 Å². The second kappa shape index (κ2) is 8.32. The Morgan fingerprint density at radius 1 is 1.00 bits per heavy atom. The number of rotatable bonds is 5. The molecule has 0 saturated heterocycles. The summed E-state index contributed by atoms with van der Waals surface area (Å²) in [5.41, 5.74) is 0.990. The van der Waals surface area contributed by atoms with E-state index in [9.17, 15) is 0 Å². The number of ether oxygens (including phenoxy) is 2. The van der Waals surface area contributed by atoms with Gasteiger partial charge in [0.2, 0.25) is 0 Å². The van der Waals surface area contributed by atoms with E-state index in [1.165, 1.54) is 0 Å². The molecule has 0 fully saturated rings. The van der Waals surface area contributed by atoms with Gasteiger partial charge in [-0.25, -0.2) is 0 Å². The topological polar surface area (TPSA) is 42.3 Å². The van der Waals surface area contributed by atoms with Crippen LogP contribution >= 0.6 is 12.4 Å². The number of halogens is 1. The van der Waals surface area contributed by atoms with Crippen molar-refractivity contribution in [1.82, 2.24) is 0 Å². The lowest BCUT2D eigenvalue weighted by Crippen LogP contribution is -2.10. The van der Waals surface area contributed by atoms with Gasteiger partial charge >= 0.3 is 0 Å². The minimum atomic E-state index is 0. The van der Waals surface area contributed by atoms with E-state index in [0.717, 1.165) is 17.1 Å². The van der Waals surface area contributed by atoms with Crippen LogP contribution in [0.15, 0.2) is 54.6 Å². The van der Waals surface area contributed by atoms with Crippen molar-refractivity contribution in [2.45, 2.75) is 20.5 Å². The van der Waals surface area contributed by atoms with Crippen LogP contribution in [0.3, 0.4) is 0 Å². The molecule has 4 heteroatoms. The summed E-state index contributed by atoms with van der Waals surface area (Å²) in [6.45, 7) is 4.28. The lowest BCUT2D eigenvalue weighted by molar-refractivity contribution is 0.270. The Balaban J connectivity index is 0.00000220. The second-order valence-electron chi connectivity index (χ2n) is 4.87. The summed E-state index contributed by atoms with van der Waals surface area (Å²) in [7, 11) is 0. The maximum atomic E-state index is 7.67. The second-order valence-corrected chi connectivity index (χ2v) is 4.87. The molecule has 21 heavy (non-hydrogen) atoms. The minimum absolute atomic E-state index is 0. The molecule has 0 aromatic heterocycles. The van der Waals surface area contributed by atoms with Gasteiger partial charge in [-0.05, 0) is 29.8 Å². The predicted octanol–water partition coefficient (Wildman–Crippen LogP) is 5.05. The highest BCUT2D eigenvalue weighted by molar-refractivity contribution is 5.85. The molecule has 0 bridgehead atoms. The van der Waals surface area contributed by atoms with Crippen LogP contribution in [0.2, 0.25) is 0 Å². The first-order valence-corrected chi connectivity index (χ1v) is 6.68. The summed E-state index contributed by atoms with van der Waals surface area (Å²) < 4.78 is 11.2. The third-order valence-electron chi connectivity index (χ3n) is 2.80. The van der Waals surface area contributed by atoms with Gasteiger partial charge in [0.25, 0.3) is 0 Å². The van der Waals surface area contributed by atoms with Gasteiger partial charge in [-0.1, -0.05) is 44.2 Å². The van der Waals surface area contributed by atoms with Gasteiger partial charge in [0.15, 0.2) is 5.90 Å². The molecule has 112 valence electrons. The van der Waals surface area contributed by atoms with Crippen LogP contribution in [0, 0.1) is 11.3 Å². The maximum Gasteiger partial charge on any atom is 0.183 e. The van der Waals surface area contributed by atoms with Gasteiger partial charge in [-0.3, -0.25) is 5.41 Å². The average Bonchev–Trinajstić information content (AvgIpc) is 2.46. The van der Waals surface area contributed by atoms with Crippen molar-refractivity contribution in [2.24, 2.45) is 5.92 Å². The first kappa shape index (κ1) is 17.1. The summed E-state index contributed by atoms with van der Waals surface area (Å²) in [6, 6.07) is 17.4. The SMILES string of the molecule is CC(C)C(=N)OCc1cccc(Oc2ccccc2)c1.Cl. The third kappa shape index (κ3) is 5.48. The number of para-hydroxylation sites is 1. The molecule has 0 saturated carbocycles. The van der Waals surface area contributed by atoms with Crippen LogP contribution < -0.4 is 4.74 Å². The van der Waals surface area contributed by atoms with Crippen LogP contribution in [0.5, 0.6) is 11.5 Å². The molecule has 0 spiro atoms. The molecule has 2 aromatic carbocycles. The molecule has 0 aliphatic heterocycles. The molecule has 0 unspecified atom stereocenters. The molecule has 0 heterocycles. The maximum absolute atomic E-state index is 7.67. The molecule has 0 radical (unpaired) electrons. The fourth-order valence-corrected chi connectivity index (χ4v) is 1.65. The lowest BCUT2D eigenvalue weighted by Gasteiger charge is -2.11. The molecule has 0 atom stereocenters. The highest BCUT2D eigenvalue weighted by atomic mass is 35.5. The zero-order valence-electron chi connectivity index (χ0n) is 12.2. The van der Waals surface area contributed by atoms with E-state index in [4.69, 9.17) is 14.9 Å². The first-order valence-electron chi connectivity index (χ1n) is 6.68. The van der Waals surface area contributed by atoms with Gasteiger partial charge in [-0.2, -0.15) is 0 Å². The number of hydrogen-bond donors (Lipinski definition) is 1. The van der Waals surface area contributed by atoms with Crippen molar-refractivity contribution in [1.29, 1.82) is 5.41 Å².